The summed E-state index contributed by atoms with van der Waals surface area (Å²) in [6, 6.07) is 0. The molecule has 0 aliphatic carbocycles. The smallest absolute Gasteiger partial charge is 0.135 e. The monoisotopic (exact) mass is 157 g/mol. The summed E-state index contributed by atoms with van der Waals surface area (Å²) < 4.78 is 0. The minimum atomic E-state index is -0.120. The van der Waals surface area contributed by atoms with E-state index in [0.717, 1.165) is 12.8 Å². The number of hydrogen-bond acceptors (Lipinski definition) is 1. The largest absolute Gasteiger partial charge is 0.299 e. The van der Waals surface area contributed by atoms with Crippen molar-refractivity contribution in [1.82, 2.24) is 0 Å². The van der Waals surface area contributed by atoms with Gasteiger partial charge in [-0.15, -0.1) is 0 Å². The Hall–Kier alpha value is -0.370. The third-order valence-electron chi connectivity index (χ3n) is 1.84. The van der Waals surface area contributed by atoms with Crippen molar-refractivity contribution in [3.8, 4) is 0 Å². The zero-order chi connectivity index (χ0) is 8.69. The van der Waals surface area contributed by atoms with E-state index >= 15 is 0 Å². The van der Waals surface area contributed by atoms with Crippen LogP contribution in [0.15, 0.2) is 0 Å². The predicted molar refractivity (Wildman–Crippen MR) is 43.9 cm³/mol. The van der Waals surface area contributed by atoms with Gasteiger partial charge >= 0.3 is 0 Å². The minimum absolute atomic E-state index is 0.120. The Kier molecular flexibility index (Phi) is 6.13. The summed E-state index contributed by atoms with van der Waals surface area (Å²) in [5.74, 6) is 0.411. The highest BCUT2D eigenvalue weighted by Gasteiger charge is 2.10. The molecule has 0 aromatic carbocycles. The lowest BCUT2D eigenvalue weighted by molar-refractivity contribution is -0.122. The van der Waals surface area contributed by atoms with Crippen LogP contribution in [-0.4, -0.2) is 12.4 Å². The van der Waals surface area contributed by atoms with Crippen LogP contribution in [-0.2, 0) is 9.90 Å². The number of Topliss-reactive ketones (excluding diaryl/α,β-unsaturated/α-hetero) is 1. The average molecular weight is 157 g/mol. The molecule has 2 nitrogen and oxygen atoms in total. The molecular formula is C9H17O2. The van der Waals surface area contributed by atoms with Gasteiger partial charge in [0.15, 0.2) is 0 Å². The molecule has 11 heavy (non-hydrogen) atoms. The van der Waals surface area contributed by atoms with Crippen LogP contribution >= 0.6 is 0 Å². The van der Waals surface area contributed by atoms with Gasteiger partial charge in [0.05, 0.1) is 6.61 Å². The molecule has 1 unspecified atom stereocenters. The summed E-state index contributed by atoms with van der Waals surface area (Å²) in [4.78, 5) is 11.2. The third-order valence-corrected chi connectivity index (χ3v) is 1.84. The molecule has 0 aromatic heterocycles. The lowest BCUT2D eigenvalue weighted by Gasteiger charge is -2.06. The first kappa shape index (κ1) is 10.6. The van der Waals surface area contributed by atoms with Crippen LogP contribution in [0.1, 0.15) is 39.5 Å². The zero-order valence-corrected chi connectivity index (χ0v) is 7.43. The first-order valence-electron chi connectivity index (χ1n) is 4.33. The first-order chi connectivity index (χ1) is 5.22. The average Bonchev–Trinajstić information content (AvgIpc) is 2.00. The molecule has 0 N–H and O–H groups in total. The van der Waals surface area contributed by atoms with E-state index in [0.29, 0.717) is 12.8 Å². The molecule has 1 atom stereocenters. The number of rotatable bonds is 6. The maximum atomic E-state index is 11.2. The van der Waals surface area contributed by atoms with Crippen molar-refractivity contribution >= 4 is 5.78 Å². The highest BCUT2D eigenvalue weighted by Crippen LogP contribution is 2.09. The Labute approximate surface area is 68.6 Å². The molecule has 0 amide bonds. The molecule has 0 rings (SSSR count). The number of hydrogen-bond donors (Lipinski definition) is 0. The van der Waals surface area contributed by atoms with Crippen LogP contribution in [0.2, 0.25) is 0 Å². The fourth-order valence-corrected chi connectivity index (χ4v) is 1.09. The van der Waals surface area contributed by atoms with Crippen LogP contribution in [0.4, 0.5) is 0 Å². The second kappa shape index (κ2) is 6.35. The van der Waals surface area contributed by atoms with Crippen LogP contribution in [0, 0.1) is 5.92 Å². The Morgan fingerprint density at radius 1 is 1.45 bits per heavy atom. The van der Waals surface area contributed by atoms with E-state index in [4.69, 9.17) is 0 Å². The molecule has 0 spiro atoms. The molecule has 0 saturated carbocycles. The Morgan fingerprint density at radius 2 is 2.09 bits per heavy atom. The number of ketones is 1. The fourth-order valence-electron chi connectivity index (χ4n) is 1.09. The molecule has 0 saturated heterocycles. The summed E-state index contributed by atoms with van der Waals surface area (Å²) >= 11 is 0. The standard InChI is InChI=1S/C9H17O2/c1-3-5-8(2)9(11)6-4-7-10/h8H,3-7H2,1-2H3. The molecule has 0 bridgehead atoms. The zero-order valence-electron chi connectivity index (χ0n) is 7.43. The van der Waals surface area contributed by atoms with Gasteiger partial charge in [-0.05, 0) is 12.8 Å². The van der Waals surface area contributed by atoms with Crippen LogP contribution in [0.5, 0.6) is 0 Å². The fraction of sp³-hybridized carbons (Fsp3) is 0.889. The molecule has 0 aliphatic rings. The van der Waals surface area contributed by atoms with Gasteiger partial charge < -0.3 is 0 Å². The van der Waals surface area contributed by atoms with Crippen LogP contribution in [0.25, 0.3) is 0 Å². The van der Waals surface area contributed by atoms with Gasteiger partial charge in [-0.25, -0.2) is 5.11 Å². The van der Waals surface area contributed by atoms with Crippen molar-refractivity contribution in [2.24, 2.45) is 5.92 Å². The second-order valence-corrected chi connectivity index (χ2v) is 2.96. The number of carbonyl (C=O) groups excluding carboxylic acids is 1. The van der Waals surface area contributed by atoms with Gasteiger partial charge in [-0.2, -0.15) is 0 Å². The maximum Gasteiger partial charge on any atom is 0.135 e. The van der Waals surface area contributed by atoms with E-state index in [1.807, 2.05) is 6.92 Å². The minimum Gasteiger partial charge on any atom is -0.299 e. The quantitative estimate of drug-likeness (QED) is 0.582. The highest BCUT2D eigenvalue weighted by molar-refractivity contribution is 5.80. The third kappa shape index (κ3) is 4.96. The summed E-state index contributed by atoms with van der Waals surface area (Å²) in [6.45, 7) is 3.89. The molecule has 65 valence electrons. The van der Waals surface area contributed by atoms with E-state index in [9.17, 15) is 9.90 Å². The molecule has 0 heterocycles. The van der Waals surface area contributed by atoms with Gasteiger partial charge in [0.1, 0.15) is 5.78 Å². The van der Waals surface area contributed by atoms with Gasteiger partial charge in [0, 0.05) is 12.3 Å². The SMILES string of the molecule is CCCC(C)C(=O)CCC[O]. The van der Waals surface area contributed by atoms with Crippen molar-refractivity contribution < 1.29 is 9.90 Å². The maximum absolute atomic E-state index is 11.2. The molecule has 0 fully saturated rings. The van der Waals surface area contributed by atoms with Gasteiger partial charge in [-0.3, -0.25) is 4.79 Å². The first-order valence-corrected chi connectivity index (χ1v) is 4.33. The lowest BCUT2D eigenvalue weighted by Crippen LogP contribution is -2.10. The molecule has 0 aromatic rings. The Morgan fingerprint density at radius 3 is 2.55 bits per heavy atom. The van der Waals surface area contributed by atoms with E-state index in [-0.39, 0.29) is 18.3 Å². The molecule has 2 heteroatoms. The van der Waals surface area contributed by atoms with E-state index in [1.165, 1.54) is 0 Å². The lowest BCUT2D eigenvalue weighted by atomic mass is 9.98. The van der Waals surface area contributed by atoms with Gasteiger partial charge in [-0.1, -0.05) is 20.3 Å². The number of carbonyl (C=O) groups is 1. The predicted octanol–water partition coefficient (Wildman–Crippen LogP) is 2.20. The Bertz CT molecular complexity index is 110. The topological polar surface area (TPSA) is 37.0 Å². The van der Waals surface area contributed by atoms with E-state index in [1.54, 1.807) is 0 Å². The van der Waals surface area contributed by atoms with Crippen molar-refractivity contribution in [2.45, 2.75) is 39.5 Å². The normalized spacial score (nSPS) is 13.0. The summed E-state index contributed by atoms with van der Waals surface area (Å²) in [6.07, 6.45) is 2.99. The van der Waals surface area contributed by atoms with Crippen LogP contribution < -0.4 is 0 Å². The molecular weight excluding hydrogens is 140 g/mol. The highest BCUT2D eigenvalue weighted by atomic mass is 16.3. The van der Waals surface area contributed by atoms with Crippen LogP contribution in [0.3, 0.4) is 0 Å². The van der Waals surface area contributed by atoms with E-state index in [2.05, 4.69) is 6.92 Å². The Balaban J connectivity index is 3.47. The second-order valence-electron chi connectivity index (χ2n) is 2.96. The van der Waals surface area contributed by atoms with E-state index < -0.39 is 0 Å². The van der Waals surface area contributed by atoms with Gasteiger partial charge in [0.2, 0.25) is 0 Å². The van der Waals surface area contributed by atoms with Crippen molar-refractivity contribution in [3.63, 3.8) is 0 Å². The summed E-state index contributed by atoms with van der Waals surface area (Å²) in [7, 11) is 0. The van der Waals surface area contributed by atoms with Crippen molar-refractivity contribution in [1.29, 1.82) is 0 Å². The van der Waals surface area contributed by atoms with Crippen molar-refractivity contribution in [3.05, 3.63) is 0 Å². The summed E-state index contributed by atoms with van der Waals surface area (Å²) in [5, 5.41) is 10.1. The van der Waals surface area contributed by atoms with Gasteiger partial charge in [0.25, 0.3) is 0 Å². The summed E-state index contributed by atoms with van der Waals surface area (Å²) in [5.41, 5.74) is 0. The molecule has 1 radical (unpaired) electrons. The molecule has 0 aliphatic heterocycles. The van der Waals surface area contributed by atoms with Crippen molar-refractivity contribution in [2.75, 3.05) is 6.61 Å².